The molecule has 1 fully saturated rings. The van der Waals surface area contributed by atoms with E-state index in [4.69, 9.17) is 0 Å². The number of nitrogens with one attached hydrogen (secondary N) is 1. The van der Waals surface area contributed by atoms with Crippen LogP contribution < -0.4 is 5.32 Å². The van der Waals surface area contributed by atoms with Crippen molar-refractivity contribution in [3.63, 3.8) is 0 Å². The monoisotopic (exact) mass is 257 g/mol. The van der Waals surface area contributed by atoms with Gasteiger partial charge in [0, 0.05) is 16.1 Å². The van der Waals surface area contributed by atoms with E-state index >= 15 is 0 Å². The molecule has 1 saturated heterocycles. The van der Waals surface area contributed by atoms with Crippen molar-refractivity contribution < 1.29 is 4.39 Å². The SMILES string of the molecule is CC(F)(c1ccccc1Br)C1CCN1. The van der Waals surface area contributed by atoms with Gasteiger partial charge in [-0.3, -0.25) is 0 Å². The number of benzene rings is 1. The standard InChI is InChI=1S/C11H13BrFN/c1-11(13,10-6-7-14-10)8-4-2-3-5-9(8)12/h2-5,10,14H,6-7H2,1H3. The highest BCUT2D eigenvalue weighted by molar-refractivity contribution is 9.10. The molecule has 2 atom stereocenters. The molecule has 2 unspecified atom stereocenters. The molecule has 0 spiro atoms. The van der Waals surface area contributed by atoms with E-state index in [1.165, 1.54) is 0 Å². The van der Waals surface area contributed by atoms with Crippen LogP contribution in [-0.2, 0) is 5.67 Å². The number of alkyl halides is 1. The third-order valence-corrected chi connectivity index (χ3v) is 3.57. The molecule has 14 heavy (non-hydrogen) atoms. The summed E-state index contributed by atoms with van der Waals surface area (Å²) < 4.78 is 15.3. The Morgan fingerprint density at radius 3 is 2.64 bits per heavy atom. The van der Waals surface area contributed by atoms with Gasteiger partial charge in [-0.15, -0.1) is 0 Å². The van der Waals surface area contributed by atoms with E-state index in [0.29, 0.717) is 0 Å². The van der Waals surface area contributed by atoms with E-state index in [-0.39, 0.29) is 6.04 Å². The van der Waals surface area contributed by atoms with Crippen LogP contribution in [0.4, 0.5) is 4.39 Å². The van der Waals surface area contributed by atoms with Crippen molar-refractivity contribution in [1.82, 2.24) is 5.32 Å². The van der Waals surface area contributed by atoms with Gasteiger partial charge >= 0.3 is 0 Å². The van der Waals surface area contributed by atoms with Gasteiger partial charge in [-0.1, -0.05) is 34.1 Å². The number of rotatable bonds is 2. The maximum Gasteiger partial charge on any atom is 0.149 e. The van der Waals surface area contributed by atoms with E-state index < -0.39 is 5.67 Å². The molecule has 1 aliphatic rings. The third-order valence-electron chi connectivity index (χ3n) is 2.88. The normalized spacial score (nSPS) is 25.2. The fourth-order valence-electron chi connectivity index (χ4n) is 1.80. The second-order valence-corrected chi connectivity index (χ2v) is 4.71. The Kier molecular flexibility index (Phi) is 2.62. The minimum atomic E-state index is -1.28. The highest BCUT2D eigenvalue weighted by atomic mass is 79.9. The van der Waals surface area contributed by atoms with Gasteiger partial charge in [0.25, 0.3) is 0 Å². The molecular weight excluding hydrogens is 245 g/mol. The predicted molar refractivity (Wildman–Crippen MR) is 59.0 cm³/mol. The third kappa shape index (κ3) is 1.59. The molecule has 0 aromatic heterocycles. The molecule has 2 rings (SSSR count). The van der Waals surface area contributed by atoms with Crippen molar-refractivity contribution in [2.45, 2.75) is 25.1 Å². The Labute approximate surface area is 91.8 Å². The molecule has 1 aromatic rings. The van der Waals surface area contributed by atoms with E-state index in [2.05, 4.69) is 21.2 Å². The summed E-state index contributed by atoms with van der Waals surface area (Å²) in [5.74, 6) is 0. The van der Waals surface area contributed by atoms with Crippen molar-refractivity contribution in [3.8, 4) is 0 Å². The van der Waals surface area contributed by atoms with E-state index in [1.807, 2.05) is 24.3 Å². The molecule has 0 aliphatic carbocycles. The Bertz CT molecular complexity index is 334. The van der Waals surface area contributed by atoms with E-state index in [1.54, 1.807) is 6.92 Å². The van der Waals surface area contributed by atoms with Crippen molar-refractivity contribution in [1.29, 1.82) is 0 Å². The minimum absolute atomic E-state index is 0.0406. The number of halogens is 2. The van der Waals surface area contributed by atoms with Crippen molar-refractivity contribution in [2.24, 2.45) is 0 Å². The second kappa shape index (κ2) is 3.63. The Hall–Kier alpha value is -0.410. The molecule has 76 valence electrons. The zero-order valence-electron chi connectivity index (χ0n) is 8.06. The van der Waals surface area contributed by atoms with Crippen LogP contribution in [0.2, 0.25) is 0 Å². The summed E-state index contributed by atoms with van der Waals surface area (Å²) >= 11 is 3.39. The summed E-state index contributed by atoms with van der Waals surface area (Å²) in [5.41, 5.74) is -0.546. The highest BCUT2D eigenvalue weighted by Gasteiger charge is 2.40. The van der Waals surface area contributed by atoms with Crippen LogP contribution >= 0.6 is 15.9 Å². The lowest BCUT2D eigenvalue weighted by Crippen LogP contribution is -2.53. The second-order valence-electron chi connectivity index (χ2n) is 3.85. The van der Waals surface area contributed by atoms with Crippen LogP contribution in [0.1, 0.15) is 18.9 Å². The maximum absolute atomic E-state index is 14.4. The minimum Gasteiger partial charge on any atom is -0.311 e. The largest absolute Gasteiger partial charge is 0.311 e. The lowest BCUT2D eigenvalue weighted by molar-refractivity contribution is 0.0851. The van der Waals surface area contributed by atoms with Gasteiger partial charge < -0.3 is 5.32 Å². The summed E-state index contributed by atoms with van der Waals surface area (Å²) in [7, 11) is 0. The first-order valence-electron chi connectivity index (χ1n) is 4.79. The van der Waals surface area contributed by atoms with Gasteiger partial charge in [-0.2, -0.15) is 0 Å². The molecule has 1 heterocycles. The zero-order chi connectivity index (χ0) is 10.2. The van der Waals surface area contributed by atoms with E-state index in [0.717, 1.165) is 23.0 Å². The molecule has 1 aliphatic heterocycles. The zero-order valence-corrected chi connectivity index (χ0v) is 9.64. The van der Waals surface area contributed by atoms with Crippen LogP contribution in [0.15, 0.2) is 28.7 Å². The topological polar surface area (TPSA) is 12.0 Å². The molecule has 1 N–H and O–H groups in total. The molecule has 0 amide bonds. The van der Waals surface area contributed by atoms with Gasteiger partial charge in [0.05, 0.1) is 0 Å². The van der Waals surface area contributed by atoms with Gasteiger partial charge in [0.2, 0.25) is 0 Å². The van der Waals surface area contributed by atoms with E-state index in [9.17, 15) is 4.39 Å². The molecular formula is C11H13BrFN. The van der Waals surface area contributed by atoms with Gasteiger partial charge in [0.1, 0.15) is 5.67 Å². The van der Waals surface area contributed by atoms with Gasteiger partial charge in [0.15, 0.2) is 0 Å². The Morgan fingerprint density at radius 2 is 2.14 bits per heavy atom. The van der Waals surface area contributed by atoms with Crippen LogP contribution in [0.5, 0.6) is 0 Å². The molecule has 1 nitrogen and oxygen atoms in total. The number of hydrogen-bond donors (Lipinski definition) is 1. The molecule has 0 radical (unpaired) electrons. The van der Waals surface area contributed by atoms with Crippen LogP contribution in [0, 0.1) is 0 Å². The molecule has 1 aromatic carbocycles. The quantitative estimate of drug-likeness (QED) is 0.859. The summed E-state index contributed by atoms with van der Waals surface area (Å²) in [6.45, 7) is 2.57. The average molecular weight is 258 g/mol. The maximum atomic E-state index is 14.4. The lowest BCUT2D eigenvalue weighted by Gasteiger charge is -2.38. The van der Waals surface area contributed by atoms with Crippen LogP contribution in [0.25, 0.3) is 0 Å². The van der Waals surface area contributed by atoms with Gasteiger partial charge in [-0.05, 0) is 26.0 Å². The lowest BCUT2D eigenvalue weighted by atomic mass is 9.84. The Morgan fingerprint density at radius 1 is 1.50 bits per heavy atom. The highest BCUT2D eigenvalue weighted by Crippen LogP contribution is 2.37. The fraction of sp³-hybridized carbons (Fsp3) is 0.455. The molecule has 0 saturated carbocycles. The predicted octanol–water partition coefficient (Wildman–Crippen LogP) is 3.00. The van der Waals surface area contributed by atoms with Crippen LogP contribution in [-0.4, -0.2) is 12.6 Å². The van der Waals surface area contributed by atoms with Crippen molar-refractivity contribution in [2.75, 3.05) is 6.54 Å². The summed E-state index contributed by atoms with van der Waals surface area (Å²) in [6, 6.07) is 7.45. The van der Waals surface area contributed by atoms with Crippen molar-refractivity contribution >= 4 is 15.9 Å². The molecule has 3 heteroatoms. The molecule has 0 bridgehead atoms. The fourth-order valence-corrected chi connectivity index (χ4v) is 2.47. The summed E-state index contributed by atoms with van der Waals surface area (Å²) in [6.07, 6.45) is 0.911. The number of hydrogen-bond acceptors (Lipinski definition) is 1. The first-order valence-corrected chi connectivity index (χ1v) is 5.59. The summed E-state index contributed by atoms with van der Waals surface area (Å²) in [5, 5.41) is 3.12. The smallest absolute Gasteiger partial charge is 0.149 e. The van der Waals surface area contributed by atoms with Crippen molar-refractivity contribution in [3.05, 3.63) is 34.3 Å². The first kappa shape index (κ1) is 10.1. The Balaban J connectivity index is 2.32. The first-order chi connectivity index (χ1) is 6.62. The average Bonchev–Trinajstić information content (AvgIpc) is 2.00. The van der Waals surface area contributed by atoms with Gasteiger partial charge in [-0.25, -0.2) is 4.39 Å². The van der Waals surface area contributed by atoms with Crippen LogP contribution in [0.3, 0.4) is 0 Å². The summed E-state index contributed by atoms with van der Waals surface area (Å²) in [4.78, 5) is 0.